The zero-order valence-corrected chi connectivity index (χ0v) is 14.0. The molecule has 0 amide bonds. The van der Waals surface area contributed by atoms with Crippen molar-refractivity contribution in [1.82, 2.24) is 15.5 Å². The smallest absolute Gasteiger partial charge is 0.161 e. The number of nitrogens with one attached hydrogen (secondary N) is 2. The quantitative estimate of drug-likeness (QED) is 0.861. The second-order valence-corrected chi connectivity index (χ2v) is 6.31. The Bertz CT molecular complexity index is 615. The lowest BCUT2D eigenvalue weighted by Gasteiger charge is -2.18. The number of hydrogen-bond acceptors (Lipinski definition) is 4. The van der Waals surface area contributed by atoms with Gasteiger partial charge in [0.25, 0.3) is 0 Å². The lowest BCUT2D eigenvalue weighted by molar-refractivity contribution is 0.354. The standard InChI is InChI=1S/C17H25N3O2/c1-17(2,3)16-13(11-19-20-16)10-18-9-12-6-7-14(21-4)15(8-12)22-5/h6-8,11,18H,9-10H2,1-5H3,(H,19,20). The zero-order chi connectivity index (χ0) is 16.2. The van der Waals surface area contributed by atoms with Crippen LogP contribution in [0.4, 0.5) is 0 Å². The van der Waals surface area contributed by atoms with Crippen LogP contribution in [0.2, 0.25) is 0 Å². The van der Waals surface area contributed by atoms with Crippen LogP contribution < -0.4 is 14.8 Å². The van der Waals surface area contributed by atoms with Crippen LogP contribution in [0.5, 0.6) is 11.5 Å². The van der Waals surface area contributed by atoms with Crippen molar-refractivity contribution in [1.29, 1.82) is 0 Å². The fourth-order valence-electron chi connectivity index (χ4n) is 2.43. The van der Waals surface area contributed by atoms with Crippen LogP contribution in [-0.4, -0.2) is 24.4 Å². The summed E-state index contributed by atoms with van der Waals surface area (Å²) in [5.41, 5.74) is 3.59. The van der Waals surface area contributed by atoms with E-state index < -0.39 is 0 Å². The molecule has 0 fully saturated rings. The van der Waals surface area contributed by atoms with Gasteiger partial charge in [-0.1, -0.05) is 26.8 Å². The van der Waals surface area contributed by atoms with Gasteiger partial charge in [0.15, 0.2) is 11.5 Å². The molecule has 1 heterocycles. The molecule has 0 aliphatic rings. The van der Waals surface area contributed by atoms with E-state index in [1.54, 1.807) is 14.2 Å². The Morgan fingerprint density at radius 3 is 2.45 bits per heavy atom. The summed E-state index contributed by atoms with van der Waals surface area (Å²) < 4.78 is 10.6. The normalized spacial score (nSPS) is 11.5. The van der Waals surface area contributed by atoms with Gasteiger partial charge in [0.1, 0.15) is 0 Å². The SMILES string of the molecule is COc1ccc(CNCc2cn[nH]c2C(C)(C)C)cc1OC. The molecule has 0 aliphatic carbocycles. The highest BCUT2D eigenvalue weighted by Gasteiger charge is 2.19. The molecule has 0 atom stereocenters. The van der Waals surface area contributed by atoms with Crippen molar-refractivity contribution in [2.75, 3.05) is 14.2 Å². The van der Waals surface area contributed by atoms with Gasteiger partial charge < -0.3 is 14.8 Å². The summed E-state index contributed by atoms with van der Waals surface area (Å²) in [5, 5.41) is 10.7. The third-order valence-electron chi connectivity index (χ3n) is 3.56. The van der Waals surface area contributed by atoms with Gasteiger partial charge in [-0.25, -0.2) is 0 Å². The Balaban J connectivity index is 1.99. The van der Waals surface area contributed by atoms with Crippen LogP contribution in [0, 0.1) is 0 Å². The van der Waals surface area contributed by atoms with E-state index >= 15 is 0 Å². The van der Waals surface area contributed by atoms with E-state index in [2.05, 4.69) is 36.3 Å². The number of hydrogen-bond donors (Lipinski definition) is 2. The van der Waals surface area contributed by atoms with E-state index in [0.717, 1.165) is 30.2 Å². The fraction of sp³-hybridized carbons (Fsp3) is 0.471. The number of benzene rings is 1. The lowest BCUT2D eigenvalue weighted by Crippen LogP contribution is -2.19. The summed E-state index contributed by atoms with van der Waals surface area (Å²) in [6.45, 7) is 8.07. The topological polar surface area (TPSA) is 59.2 Å². The summed E-state index contributed by atoms with van der Waals surface area (Å²) in [7, 11) is 3.29. The van der Waals surface area contributed by atoms with Crippen LogP contribution in [0.3, 0.4) is 0 Å². The average Bonchev–Trinajstić information content (AvgIpc) is 2.95. The highest BCUT2D eigenvalue weighted by Crippen LogP contribution is 2.27. The molecular formula is C17H25N3O2. The Hall–Kier alpha value is -2.01. The summed E-state index contributed by atoms with van der Waals surface area (Å²) in [5.74, 6) is 1.50. The first-order valence-electron chi connectivity index (χ1n) is 7.40. The maximum atomic E-state index is 5.33. The Kier molecular flexibility index (Phi) is 5.08. The van der Waals surface area contributed by atoms with E-state index in [-0.39, 0.29) is 5.41 Å². The zero-order valence-electron chi connectivity index (χ0n) is 14.0. The molecule has 0 aliphatic heterocycles. The minimum absolute atomic E-state index is 0.0663. The van der Waals surface area contributed by atoms with Crippen molar-refractivity contribution < 1.29 is 9.47 Å². The maximum absolute atomic E-state index is 5.33. The minimum atomic E-state index is 0.0663. The fourth-order valence-corrected chi connectivity index (χ4v) is 2.43. The molecule has 0 spiro atoms. The number of ether oxygens (including phenoxy) is 2. The molecule has 1 aromatic heterocycles. The van der Waals surface area contributed by atoms with Crippen molar-refractivity contribution in [2.45, 2.75) is 39.3 Å². The molecule has 0 bridgehead atoms. The lowest BCUT2D eigenvalue weighted by atomic mass is 9.89. The van der Waals surface area contributed by atoms with E-state index in [1.807, 2.05) is 24.4 Å². The van der Waals surface area contributed by atoms with Crippen molar-refractivity contribution >= 4 is 0 Å². The molecule has 120 valence electrons. The molecule has 1 aromatic carbocycles. The largest absolute Gasteiger partial charge is 0.493 e. The molecule has 0 saturated carbocycles. The third-order valence-corrected chi connectivity index (χ3v) is 3.56. The number of nitrogens with zero attached hydrogens (tertiary/aromatic N) is 1. The summed E-state index contributed by atoms with van der Waals surface area (Å²) in [6, 6.07) is 5.95. The Morgan fingerprint density at radius 1 is 1.09 bits per heavy atom. The first-order chi connectivity index (χ1) is 10.5. The van der Waals surface area contributed by atoms with Gasteiger partial charge >= 0.3 is 0 Å². The molecule has 0 radical (unpaired) electrons. The van der Waals surface area contributed by atoms with Crippen molar-refractivity contribution in [3.05, 3.63) is 41.2 Å². The minimum Gasteiger partial charge on any atom is -0.493 e. The van der Waals surface area contributed by atoms with Crippen LogP contribution >= 0.6 is 0 Å². The maximum Gasteiger partial charge on any atom is 0.161 e. The van der Waals surface area contributed by atoms with Crippen molar-refractivity contribution in [2.24, 2.45) is 0 Å². The Labute approximate surface area is 132 Å². The predicted molar refractivity (Wildman–Crippen MR) is 87.4 cm³/mol. The van der Waals surface area contributed by atoms with Crippen LogP contribution in [0.25, 0.3) is 0 Å². The summed E-state index contributed by atoms with van der Waals surface area (Å²) in [4.78, 5) is 0. The van der Waals surface area contributed by atoms with Gasteiger partial charge in [0.2, 0.25) is 0 Å². The molecule has 5 nitrogen and oxygen atoms in total. The van der Waals surface area contributed by atoms with Crippen LogP contribution in [0.1, 0.15) is 37.6 Å². The van der Waals surface area contributed by atoms with Gasteiger partial charge in [0, 0.05) is 29.8 Å². The second kappa shape index (κ2) is 6.83. The van der Waals surface area contributed by atoms with Gasteiger partial charge in [-0.2, -0.15) is 5.10 Å². The predicted octanol–water partition coefficient (Wildman–Crippen LogP) is 3.01. The average molecular weight is 303 g/mol. The summed E-state index contributed by atoms with van der Waals surface area (Å²) >= 11 is 0. The molecule has 22 heavy (non-hydrogen) atoms. The molecule has 2 N–H and O–H groups in total. The first kappa shape index (κ1) is 16.4. The number of H-pyrrole nitrogens is 1. The van der Waals surface area contributed by atoms with E-state index in [9.17, 15) is 0 Å². The van der Waals surface area contributed by atoms with Crippen molar-refractivity contribution in [3.8, 4) is 11.5 Å². The van der Waals surface area contributed by atoms with Crippen molar-refractivity contribution in [3.63, 3.8) is 0 Å². The van der Waals surface area contributed by atoms with Gasteiger partial charge in [-0.05, 0) is 17.7 Å². The third kappa shape index (κ3) is 3.80. The van der Waals surface area contributed by atoms with Crippen LogP contribution in [-0.2, 0) is 18.5 Å². The van der Waals surface area contributed by atoms with Gasteiger partial charge in [-0.3, -0.25) is 5.10 Å². The number of aromatic amines is 1. The monoisotopic (exact) mass is 303 g/mol. The molecule has 5 heteroatoms. The molecule has 2 rings (SSSR count). The van der Waals surface area contributed by atoms with Gasteiger partial charge in [-0.15, -0.1) is 0 Å². The van der Waals surface area contributed by atoms with Crippen LogP contribution in [0.15, 0.2) is 24.4 Å². The van der Waals surface area contributed by atoms with E-state index in [4.69, 9.17) is 9.47 Å². The first-order valence-corrected chi connectivity index (χ1v) is 7.40. The van der Waals surface area contributed by atoms with E-state index in [0.29, 0.717) is 0 Å². The number of aromatic nitrogens is 2. The molecule has 2 aromatic rings. The molecule has 0 unspecified atom stereocenters. The van der Waals surface area contributed by atoms with Gasteiger partial charge in [0.05, 0.1) is 20.4 Å². The highest BCUT2D eigenvalue weighted by atomic mass is 16.5. The molecular weight excluding hydrogens is 278 g/mol. The number of methoxy groups -OCH3 is 2. The molecule has 0 saturated heterocycles. The summed E-state index contributed by atoms with van der Waals surface area (Å²) in [6.07, 6.45) is 1.89. The second-order valence-electron chi connectivity index (χ2n) is 6.31. The Morgan fingerprint density at radius 2 is 1.82 bits per heavy atom. The number of rotatable bonds is 6. The highest BCUT2D eigenvalue weighted by molar-refractivity contribution is 5.42. The van der Waals surface area contributed by atoms with E-state index in [1.165, 1.54) is 11.3 Å².